The summed E-state index contributed by atoms with van der Waals surface area (Å²) in [6.07, 6.45) is -14.3. The fraction of sp³-hybridized carbons (Fsp3) is 1.00. The molecule has 0 amide bonds. The van der Waals surface area contributed by atoms with Crippen molar-refractivity contribution in [1.29, 1.82) is 0 Å². The van der Waals surface area contributed by atoms with Crippen LogP contribution in [0.5, 0.6) is 0 Å². The molecule has 0 aromatic carbocycles. The van der Waals surface area contributed by atoms with E-state index in [2.05, 4.69) is 4.74 Å². The quantitative estimate of drug-likeness (QED) is 0.581. The Morgan fingerprint density at radius 2 is 1.29 bits per heavy atom. The first kappa shape index (κ1) is 11.5. The maximum Gasteiger partial charge on any atom is 0.425 e. The van der Waals surface area contributed by atoms with Crippen LogP contribution in [0.15, 0.2) is 0 Å². The molecule has 0 spiro atoms. The maximum absolute atomic E-state index is 12.2. The van der Waals surface area contributed by atoms with Crippen molar-refractivity contribution >= 4 is 0 Å². The van der Waals surface area contributed by atoms with Crippen molar-refractivity contribution in [2.75, 3.05) is 0 Å². The normalized spacial score (nSPS) is 39.4. The number of hydrogen-bond donors (Lipinski definition) is 0. The first-order valence-corrected chi connectivity index (χ1v) is 3.13. The molecule has 0 N–H and O–H groups in total. The number of alkyl halides is 8. The van der Waals surface area contributed by atoms with Gasteiger partial charge in [-0.25, -0.2) is 8.78 Å². The molecular formula is C5H2F8O. The van der Waals surface area contributed by atoms with Gasteiger partial charge in [0.05, 0.1) is 0 Å². The lowest BCUT2D eigenvalue weighted by atomic mass is 10.0. The average Bonchev–Trinajstić information content (AvgIpc) is 1.99. The summed E-state index contributed by atoms with van der Waals surface area (Å²) in [4.78, 5) is 0. The van der Waals surface area contributed by atoms with Crippen molar-refractivity contribution in [3.05, 3.63) is 0 Å². The van der Waals surface area contributed by atoms with Crippen LogP contribution in [0.3, 0.4) is 0 Å². The summed E-state index contributed by atoms with van der Waals surface area (Å²) in [5.74, 6) is -11.1. The second kappa shape index (κ2) is 2.71. The molecule has 0 unspecified atom stereocenters. The van der Waals surface area contributed by atoms with Crippen LogP contribution in [-0.4, -0.2) is 30.5 Å². The van der Waals surface area contributed by atoms with Crippen LogP contribution in [-0.2, 0) is 4.74 Å². The van der Waals surface area contributed by atoms with Crippen LogP contribution >= 0.6 is 0 Å². The van der Waals surface area contributed by atoms with Gasteiger partial charge in [0.25, 0.3) is 6.36 Å². The van der Waals surface area contributed by atoms with E-state index >= 15 is 0 Å². The summed E-state index contributed by atoms with van der Waals surface area (Å²) in [5, 5.41) is 0. The third kappa shape index (κ3) is 1.25. The fourth-order valence-electron chi connectivity index (χ4n) is 0.791. The van der Waals surface area contributed by atoms with Gasteiger partial charge in [0.1, 0.15) is 0 Å². The Labute approximate surface area is 71.6 Å². The van der Waals surface area contributed by atoms with Crippen LogP contribution in [0.1, 0.15) is 0 Å². The molecule has 1 fully saturated rings. The zero-order valence-electron chi connectivity index (χ0n) is 6.09. The van der Waals surface area contributed by atoms with Gasteiger partial charge in [0.2, 0.25) is 6.17 Å². The number of rotatable bonds is 0. The predicted octanol–water partition coefficient (Wildman–Crippen LogP) is 2.51. The third-order valence-electron chi connectivity index (χ3n) is 1.60. The van der Waals surface area contributed by atoms with Crippen LogP contribution < -0.4 is 0 Å². The zero-order valence-corrected chi connectivity index (χ0v) is 6.09. The number of halogens is 8. The highest BCUT2D eigenvalue weighted by Crippen LogP contribution is 2.51. The summed E-state index contributed by atoms with van der Waals surface area (Å²) in [6.45, 7) is 0. The van der Waals surface area contributed by atoms with Crippen molar-refractivity contribution in [2.45, 2.75) is 30.5 Å². The molecule has 1 nitrogen and oxygen atoms in total. The lowest BCUT2D eigenvalue weighted by Gasteiger charge is -2.39. The number of hydrogen-bond acceptors (Lipinski definition) is 1. The standard InChI is InChI=1S/C5H2F8O/c6-1-3(8,9)2(7)14-5(12,13)4(1,10)11/h1-2H/t1-,2-/m1/s1. The van der Waals surface area contributed by atoms with E-state index in [4.69, 9.17) is 0 Å². The van der Waals surface area contributed by atoms with Crippen molar-refractivity contribution in [3.63, 3.8) is 0 Å². The summed E-state index contributed by atoms with van der Waals surface area (Å²) in [6, 6.07) is 0. The highest BCUT2D eigenvalue weighted by molar-refractivity contribution is 5.00. The Balaban J connectivity index is 3.10. The molecule has 1 aliphatic heterocycles. The van der Waals surface area contributed by atoms with Crippen LogP contribution in [0.2, 0.25) is 0 Å². The highest BCUT2D eigenvalue weighted by atomic mass is 19.3. The summed E-state index contributed by atoms with van der Waals surface area (Å²) in [5.41, 5.74) is 0. The monoisotopic (exact) mass is 230 g/mol. The molecule has 1 aliphatic rings. The van der Waals surface area contributed by atoms with E-state index < -0.39 is 30.5 Å². The van der Waals surface area contributed by atoms with Gasteiger partial charge in [-0.2, -0.15) is 26.3 Å². The van der Waals surface area contributed by atoms with E-state index in [1.54, 1.807) is 0 Å². The van der Waals surface area contributed by atoms with E-state index in [9.17, 15) is 35.1 Å². The Morgan fingerprint density at radius 3 is 1.71 bits per heavy atom. The smallest absolute Gasteiger partial charge is 0.274 e. The van der Waals surface area contributed by atoms with Crippen molar-refractivity contribution in [2.24, 2.45) is 0 Å². The Kier molecular flexibility index (Phi) is 2.22. The van der Waals surface area contributed by atoms with Gasteiger partial charge in [-0.3, -0.25) is 4.74 Å². The molecule has 9 heteroatoms. The maximum atomic E-state index is 12.2. The minimum absolute atomic E-state index is 2.43. The molecule has 0 saturated carbocycles. The van der Waals surface area contributed by atoms with E-state index in [1.165, 1.54) is 0 Å². The molecule has 14 heavy (non-hydrogen) atoms. The molecule has 0 bridgehead atoms. The minimum atomic E-state index is -5.76. The van der Waals surface area contributed by atoms with E-state index in [1.807, 2.05) is 0 Å². The van der Waals surface area contributed by atoms with E-state index in [-0.39, 0.29) is 0 Å². The fourth-order valence-corrected chi connectivity index (χ4v) is 0.791. The van der Waals surface area contributed by atoms with Gasteiger partial charge in [-0.15, -0.1) is 0 Å². The second-order valence-electron chi connectivity index (χ2n) is 2.61. The second-order valence-corrected chi connectivity index (χ2v) is 2.61. The van der Waals surface area contributed by atoms with Crippen molar-refractivity contribution < 1.29 is 39.9 Å². The van der Waals surface area contributed by atoms with Gasteiger partial charge in [-0.1, -0.05) is 0 Å². The zero-order chi connectivity index (χ0) is 11.4. The molecule has 0 aromatic rings. The summed E-state index contributed by atoms with van der Waals surface area (Å²) in [7, 11) is 0. The average molecular weight is 230 g/mol. The Hall–Kier alpha value is -0.600. The van der Waals surface area contributed by atoms with Crippen molar-refractivity contribution in [1.82, 2.24) is 0 Å². The molecule has 2 atom stereocenters. The van der Waals surface area contributed by atoms with E-state index in [0.29, 0.717) is 0 Å². The highest BCUT2D eigenvalue weighted by Gasteiger charge is 2.78. The largest absolute Gasteiger partial charge is 0.425 e. The molecule has 0 radical (unpaired) electrons. The first-order chi connectivity index (χ1) is 6.03. The van der Waals surface area contributed by atoms with Gasteiger partial charge in [-0.05, 0) is 0 Å². The SMILES string of the molecule is F[C@@H]1OC(F)(F)C(F)(F)[C@H](F)C1(F)F. The molecule has 1 rings (SSSR count). The van der Waals surface area contributed by atoms with Gasteiger partial charge < -0.3 is 0 Å². The first-order valence-electron chi connectivity index (χ1n) is 3.13. The number of ether oxygens (including phenoxy) is 1. The van der Waals surface area contributed by atoms with Crippen molar-refractivity contribution in [3.8, 4) is 0 Å². The van der Waals surface area contributed by atoms with Crippen LogP contribution in [0.25, 0.3) is 0 Å². The molecule has 84 valence electrons. The summed E-state index contributed by atoms with van der Waals surface area (Å²) >= 11 is 0. The van der Waals surface area contributed by atoms with Gasteiger partial charge >= 0.3 is 18.0 Å². The van der Waals surface area contributed by atoms with Gasteiger partial charge in [0.15, 0.2) is 0 Å². The van der Waals surface area contributed by atoms with E-state index in [0.717, 1.165) is 0 Å². The van der Waals surface area contributed by atoms with Crippen LogP contribution in [0.4, 0.5) is 35.1 Å². The molecule has 0 aliphatic carbocycles. The Bertz CT molecular complexity index is 236. The van der Waals surface area contributed by atoms with Crippen LogP contribution in [0, 0.1) is 0 Å². The summed E-state index contributed by atoms with van der Waals surface area (Å²) < 4.78 is 99.3. The Morgan fingerprint density at radius 1 is 0.857 bits per heavy atom. The molecular weight excluding hydrogens is 228 g/mol. The minimum Gasteiger partial charge on any atom is -0.274 e. The molecule has 1 heterocycles. The molecule has 1 saturated heterocycles. The molecule has 0 aromatic heterocycles. The lowest BCUT2D eigenvalue weighted by Crippen LogP contribution is -2.65. The third-order valence-corrected chi connectivity index (χ3v) is 1.60. The predicted molar refractivity (Wildman–Crippen MR) is 25.7 cm³/mol. The van der Waals surface area contributed by atoms with Gasteiger partial charge in [0, 0.05) is 0 Å². The lowest BCUT2D eigenvalue weighted by molar-refractivity contribution is -0.459. The topological polar surface area (TPSA) is 9.23 Å².